The number of nitrogens with one attached hydrogen (secondary N) is 1. The number of carbonyl (C=O) groups excluding carboxylic acids is 1. The van der Waals surface area contributed by atoms with Crippen molar-refractivity contribution in [3.05, 3.63) is 57.4 Å². The highest BCUT2D eigenvalue weighted by atomic mass is 32.1. The van der Waals surface area contributed by atoms with Gasteiger partial charge < -0.3 is 0 Å². The molecule has 0 bridgehead atoms. The summed E-state index contributed by atoms with van der Waals surface area (Å²) in [4.78, 5) is 19.0. The van der Waals surface area contributed by atoms with Crippen LogP contribution < -0.4 is 5.32 Å². The molecule has 3 heterocycles. The van der Waals surface area contributed by atoms with Gasteiger partial charge in [0.15, 0.2) is 5.13 Å². The van der Waals surface area contributed by atoms with E-state index < -0.39 is 0 Å². The SMILES string of the molecule is CCCc1ccc(-c2nc(NC(=O)c3sccc3-n3cnnn3)sc2C)cc1. The predicted molar refractivity (Wildman–Crippen MR) is 111 cm³/mol. The van der Waals surface area contributed by atoms with Crippen LogP contribution >= 0.6 is 22.7 Å². The maximum Gasteiger partial charge on any atom is 0.269 e. The number of anilines is 1. The van der Waals surface area contributed by atoms with Crippen LogP contribution in [0.5, 0.6) is 0 Å². The minimum atomic E-state index is -0.223. The van der Waals surface area contributed by atoms with Crippen molar-refractivity contribution in [3.8, 4) is 16.9 Å². The molecule has 0 spiro atoms. The molecule has 0 aliphatic heterocycles. The maximum absolute atomic E-state index is 12.7. The van der Waals surface area contributed by atoms with E-state index in [1.807, 2.05) is 18.4 Å². The van der Waals surface area contributed by atoms with Crippen LogP contribution in [-0.4, -0.2) is 31.1 Å². The smallest absolute Gasteiger partial charge is 0.269 e. The monoisotopic (exact) mass is 410 g/mol. The second kappa shape index (κ2) is 7.99. The molecule has 1 aromatic carbocycles. The lowest BCUT2D eigenvalue weighted by atomic mass is 10.1. The first-order valence-electron chi connectivity index (χ1n) is 8.84. The van der Waals surface area contributed by atoms with Gasteiger partial charge in [-0.3, -0.25) is 10.1 Å². The Morgan fingerprint density at radius 3 is 2.75 bits per heavy atom. The van der Waals surface area contributed by atoms with Gasteiger partial charge in [-0.25, -0.2) is 4.98 Å². The zero-order valence-electron chi connectivity index (χ0n) is 15.4. The summed E-state index contributed by atoms with van der Waals surface area (Å²) >= 11 is 2.80. The fraction of sp³-hybridized carbons (Fsp3) is 0.211. The van der Waals surface area contributed by atoms with Crippen LogP contribution in [0.3, 0.4) is 0 Å². The molecule has 1 amide bonds. The van der Waals surface area contributed by atoms with Crippen LogP contribution in [0.25, 0.3) is 16.9 Å². The molecule has 0 saturated carbocycles. The van der Waals surface area contributed by atoms with Gasteiger partial charge in [0.2, 0.25) is 0 Å². The number of benzene rings is 1. The first-order valence-corrected chi connectivity index (χ1v) is 10.5. The molecule has 4 rings (SSSR count). The highest BCUT2D eigenvalue weighted by Crippen LogP contribution is 2.31. The number of hydrogen-bond acceptors (Lipinski definition) is 7. The average molecular weight is 411 g/mol. The van der Waals surface area contributed by atoms with E-state index in [-0.39, 0.29) is 5.91 Å². The molecule has 9 heteroatoms. The van der Waals surface area contributed by atoms with Crippen LogP contribution in [0.1, 0.15) is 33.5 Å². The van der Waals surface area contributed by atoms with E-state index in [1.165, 1.54) is 39.2 Å². The van der Waals surface area contributed by atoms with E-state index in [2.05, 4.69) is 57.0 Å². The number of thiophene rings is 1. The van der Waals surface area contributed by atoms with Crippen molar-refractivity contribution >= 4 is 33.7 Å². The van der Waals surface area contributed by atoms with E-state index in [0.29, 0.717) is 15.7 Å². The van der Waals surface area contributed by atoms with E-state index in [4.69, 9.17) is 0 Å². The van der Waals surface area contributed by atoms with Gasteiger partial charge in [0.05, 0.1) is 11.4 Å². The van der Waals surface area contributed by atoms with Crippen LogP contribution in [0.2, 0.25) is 0 Å². The number of rotatable bonds is 6. The van der Waals surface area contributed by atoms with Crippen molar-refractivity contribution in [2.45, 2.75) is 26.7 Å². The molecule has 0 radical (unpaired) electrons. The summed E-state index contributed by atoms with van der Waals surface area (Å²) in [5.74, 6) is -0.223. The molecule has 1 N–H and O–H groups in total. The van der Waals surface area contributed by atoms with Crippen molar-refractivity contribution in [1.29, 1.82) is 0 Å². The van der Waals surface area contributed by atoms with Gasteiger partial charge in [0.25, 0.3) is 5.91 Å². The van der Waals surface area contributed by atoms with Crippen molar-refractivity contribution in [2.24, 2.45) is 0 Å². The maximum atomic E-state index is 12.7. The Morgan fingerprint density at radius 1 is 1.21 bits per heavy atom. The fourth-order valence-corrected chi connectivity index (χ4v) is 4.52. The van der Waals surface area contributed by atoms with Gasteiger partial charge in [0.1, 0.15) is 11.2 Å². The molecule has 0 aliphatic rings. The molecule has 142 valence electrons. The number of aromatic nitrogens is 5. The minimum absolute atomic E-state index is 0.223. The van der Waals surface area contributed by atoms with Gasteiger partial charge in [-0.1, -0.05) is 37.6 Å². The summed E-state index contributed by atoms with van der Waals surface area (Å²) in [6.07, 6.45) is 3.66. The molecular weight excluding hydrogens is 392 g/mol. The molecule has 0 unspecified atom stereocenters. The quantitative estimate of drug-likeness (QED) is 0.510. The van der Waals surface area contributed by atoms with Gasteiger partial charge >= 0.3 is 0 Å². The topological polar surface area (TPSA) is 85.6 Å². The lowest BCUT2D eigenvalue weighted by Crippen LogP contribution is -2.13. The third-order valence-electron chi connectivity index (χ3n) is 4.23. The number of amides is 1. The van der Waals surface area contributed by atoms with Crippen molar-refractivity contribution in [3.63, 3.8) is 0 Å². The first kappa shape index (κ1) is 18.5. The molecule has 0 atom stereocenters. The number of tetrazole rings is 1. The summed E-state index contributed by atoms with van der Waals surface area (Å²) < 4.78 is 1.47. The van der Waals surface area contributed by atoms with Gasteiger partial charge in [0, 0.05) is 10.4 Å². The largest absolute Gasteiger partial charge is 0.297 e. The Labute approximate surface area is 170 Å². The van der Waals surface area contributed by atoms with Gasteiger partial charge in [-0.2, -0.15) is 4.68 Å². The molecule has 28 heavy (non-hydrogen) atoms. The van der Waals surface area contributed by atoms with E-state index in [1.54, 1.807) is 0 Å². The predicted octanol–water partition coefficient (Wildman–Crippen LogP) is 4.36. The Kier molecular flexibility index (Phi) is 5.27. The second-order valence-corrected chi connectivity index (χ2v) is 8.33. The summed E-state index contributed by atoms with van der Waals surface area (Å²) in [7, 11) is 0. The van der Waals surface area contributed by atoms with Gasteiger partial charge in [-0.05, 0) is 40.8 Å². The number of nitrogens with zero attached hydrogens (tertiary/aromatic N) is 5. The van der Waals surface area contributed by atoms with Gasteiger partial charge in [-0.15, -0.1) is 27.8 Å². The van der Waals surface area contributed by atoms with Crippen molar-refractivity contribution < 1.29 is 4.79 Å². The van der Waals surface area contributed by atoms with E-state index >= 15 is 0 Å². The number of aryl methyl sites for hydroxylation is 2. The summed E-state index contributed by atoms with van der Waals surface area (Å²) in [6, 6.07) is 10.3. The fourth-order valence-electron chi connectivity index (χ4n) is 2.91. The third kappa shape index (κ3) is 3.71. The zero-order valence-corrected chi connectivity index (χ0v) is 17.0. The lowest BCUT2D eigenvalue weighted by molar-refractivity contribution is 0.103. The average Bonchev–Trinajstić information content (AvgIpc) is 3.43. The summed E-state index contributed by atoms with van der Waals surface area (Å²) in [5.41, 5.74) is 3.92. The summed E-state index contributed by atoms with van der Waals surface area (Å²) in [6.45, 7) is 4.19. The zero-order chi connectivity index (χ0) is 19.5. The van der Waals surface area contributed by atoms with Crippen molar-refractivity contribution in [2.75, 3.05) is 5.32 Å². The molecule has 0 aliphatic carbocycles. The van der Waals surface area contributed by atoms with Crippen LogP contribution in [-0.2, 0) is 6.42 Å². The Hall–Kier alpha value is -2.91. The number of carbonyl (C=O) groups is 1. The molecule has 4 aromatic rings. The molecule has 0 saturated heterocycles. The first-order chi connectivity index (χ1) is 13.7. The Morgan fingerprint density at radius 2 is 2.04 bits per heavy atom. The molecule has 0 fully saturated rings. The molecule has 3 aromatic heterocycles. The Balaban J connectivity index is 1.55. The standard InChI is InChI=1S/C19H18N6OS2/c1-3-4-13-5-7-14(8-6-13)16-12(2)28-19(21-16)22-18(26)17-15(9-10-27-17)25-11-20-23-24-25/h5-11H,3-4H2,1-2H3,(H,21,22,26). The number of thiazole rings is 1. The van der Waals surface area contributed by atoms with Crippen LogP contribution in [0.15, 0.2) is 42.0 Å². The normalized spacial score (nSPS) is 10.9. The third-order valence-corrected chi connectivity index (χ3v) is 6.02. The van der Waals surface area contributed by atoms with E-state index in [9.17, 15) is 4.79 Å². The summed E-state index contributed by atoms with van der Waals surface area (Å²) in [5, 5.41) is 16.4. The van der Waals surface area contributed by atoms with Crippen molar-refractivity contribution in [1.82, 2.24) is 25.2 Å². The molecular formula is C19H18N6OS2. The van der Waals surface area contributed by atoms with E-state index in [0.717, 1.165) is 29.0 Å². The minimum Gasteiger partial charge on any atom is -0.297 e. The molecule has 7 nitrogen and oxygen atoms in total. The second-order valence-electron chi connectivity index (χ2n) is 6.21. The highest BCUT2D eigenvalue weighted by molar-refractivity contribution is 7.16. The van der Waals surface area contributed by atoms with Crippen LogP contribution in [0.4, 0.5) is 5.13 Å². The Bertz CT molecular complexity index is 1080. The lowest BCUT2D eigenvalue weighted by Gasteiger charge is -2.03. The highest BCUT2D eigenvalue weighted by Gasteiger charge is 2.18. The number of hydrogen-bond donors (Lipinski definition) is 1. The van der Waals surface area contributed by atoms with Crippen LogP contribution in [0, 0.1) is 6.92 Å².